The maximum Gasteiger partial charge on any atom is 1.00 e. The smallest absolute Gasteiger partial charge is 0.715 e. The number of esters is 2. The Morgan fingerprint density at radius 3 is 1.20 bits per heavy atom. The Kier molecular flexibility index (Phi) is 58.0. The first-order valence-electron chi connectivity index (χ1n) is 38.0. The number of fused-ring (bicyclic) bond motifs is 5. The van der Waals surface area contributed by atoms with Gasteiger partial charge in [0.05, 0.1) is 36.5 Å². The number of aldehydes is 1. The minimum absolute atomic E-state index is 0. The first kappa shape index (κ1) is 111. The Morgan fingerprint density at radius 2 is 0.844 bits per heavy atom. The Morgan fingerprint density at radius 1 is 0.500 bits per heavy atom. The van der Waals surface area contributed by atoms with E-state index in [0.717, 1.165) is 109 Å². The number of aliphatic hydroxyl groups is 1. The van der Waals surface area contributed by atoms with Gasteiger partial charge in [-0.2, -0.15) is 0 Å². The number of benzene rings is 10. The molecule has 626 valence electrons. The van der Waals surface area contributed by atoms with E-state index in [0.29, 0.717) is 33.9 Å². The third-order valence-corrected chi connectivity index (χ3v) is 22.0. The number of carbonyl (C=O) groups is 4. The number of hydrogen-bond acceptors (Lipinski definition) is 25. The molecule has 14 aromatic rings. The molecule has 0 amide bonds. The number of alkyl halides is 1. The molecular formula is C89H100Ac3BBrN12NaO10S5. The fourth-order valence-electron chi connectivity index (χ4n) is 12.7. The van der Waals surface area contributed by atoms with Gasteiger partial charge in [-0.05, 0) is 134 Å². The minimum Gasteiger partial charge on any atom is -0.715 e. The van der Waals surface area contributed by atoms with Gasteiger partial charge in [-0.3, -0.25) is 20.1 Å². The number of carbonyl (C=O) groups excluding carboxylic acids is 4. The van der Waals surface area contributed by atoms with E-state index in [1.165, 1.54) is 131 Å². The number of thiazole rings is 4. The Bertz CT molecular complexity index is 5380. The molecule has 2 saturated carbocycles. The number of rotatable bonds is 21. The molecule has 0 atom stereocenters. The summed E-state index contributed by atoms with van der Waals surface area (Å²) in [5.74, 6) is 0.0235. The van der Waals surface area contributed by atoms with Gasteiger partial charge in [-0.1, -0.05) is 244 Å². The van der Waals surface area contributed by atoms with Crippen molar-refractivity contribution in [1.82, 2.24) is 25.3 Å². The Labute approximate surface area is 874 Å². The fourth-order valence-corrected chi connectivity index (χ4v) is 15.8. The van der Waals surface area contributed by atoms with Gasteiger partial charge in [-0.25, -0.2) is 29.5 Å². The summed E-state index contributed by atoms with van der Waals surface area (Å²) in [5.41, 5.74) is 18.6. The number of anilines is 9. The van der Waals surface area contributed by atoms with Gasteiger partial charge in [0.15, 0.2) is 37.6 Å². The molecule has 0 spiro atoms. The number of aliphatic hydroxyl groups excluding tert-OH is 1. The van der Waals surface area contributed by atoms with Gasteiger partial charge in [-0.15, -0.1) is 45.3 Å². The monoisotopic (exact) mass is 2450 g/mol. The standard InChI is InChI=1S/C21H25N3S.C16H14N2O2S.C14H12N2OS.C14H10N2OS.C11H10N2S.C7H15N.C5H7BrO3.CH4.3Ac.BHO.Na.H2O2/c1-2-7-16(8-3-1)13-22-14-18-15-25-21(23-18)24-20-12-6-10-17-9-4-5-11-19(17)20;1-2-20-15(19)14-10-21-16(18-14)17-13-9-5-7-11-6-3-4-8-12(11)13;2*17-8-11-9-18-14(15-11)16-13-7-3-5-10-4-1-2-6-12(10)13;12-11(14)13-10-7-3-5-8-4-1-2-6-9(8)10;8-6-7-4-2-1-3-5-7;1-2-9-5(8)4(7)3-6;;;;;1-2;;1-2/h4-6,9-12,15-16,22H,1-3,7-8,13-14H2,(H,23,24);3-10H,2H2,1H3,(H,17,18);1-7,9,17H,8H2,(H,15,16);1-9H,(H,15,16);1-7H,(H3,12,13,14);7H,1-6,8H2;2-3H2,1H3;1H4;;;;2H;;1-2H/q;;;;;;;;;;;-1;+1;. The number of nitrogens with two attached hydrogens (primary N) is 2. The average Bonchev–Trinajstić information content (AvgIpc) is 1.34. The van der Waals surface area contributed by atoms with Crippen molar-refractivity contribution >= 4 is 213 Å². The van der Waals surface area contributed by atoms with Crippen molar-refractivity contribution in [3.05, 3.63) is 257 Å². The number of aromatic nitrogens is 4. The normalized spacial score (nSPS) is 11.5. The first-order valence-corrected chi connectivity index (χ1v) is 43.1. The summed E-state index contributed by atoms with van der Waals surface area (Å²) in [6.45, 7) is 6.92. The van der Waals surface area contributed by atoms with Crippen molar-refractivity contribution in [1.29, 1.82) is 0 Å². The second-order valence-corrected chi connectivity index (χ2v) is 30.6. The van der Waals surface area contributed by atoms with Gasteiger partial charge in [0.1, 0.15) is 5.69 Å². The van der Waals surface area contributed by atoms with Crippen molar-refractivity contribution < 1.29 is 211 Å². The molecule has 33 heteroatoms. The summed E-state index contributed by atoms with van der Waals surface area (Å²) in [6.07, 6.45) is 14.8. The van der Waals surface area contributed by atoms with Crippen LogP contribution in [0.1, 0.15) is 118 Å². The summed E-state index contributed by atoms with van der Waals surface area (Å²) < 4.78 is 9.32. The zero-order valence-electron chi connectivity index (χ0n) is 67.7. The van der Waals surface area contributed by atoms with Crippen molar-refractivity contribution in [2.24, 2.45) is 23.3 Å². The van der Waals surface area contributed by atoms with Crippen LogP contribution >= 0.6 is 73.5 Å². The second-order valence-electron chi connectivity index (χ2n) is 26.2. The van der Waals surface area contributed by atoms with E-state index < -0.39 is 11.8 Å². The zero-order valence-corrected chi connectivity index (χ0v) is 89.6. The summed E-state index contributed by atoms with van der Waals surface area (Å²) in [4.78, 5) is 60.4. The first-order chi connectivity index (χ1) is 57.3. The van der Waals surface area contributed by atoms with Crippen LogP contribution in [0.3, 0.4) is 0 Å². The van der Waals surface area contributed by atoms with Crippen LogP contribution in [0.5, 0.6) is 0 Å². The van der Waals surface area contributed by atoms with Crippen LogP contribution in [-0.4, -0.2) is 109 Å². The molecule has 2 aliphatic carbocycles. The second kappa shape index (κ2) is 63.7. The number of halogens is 1. The summed E-state index contributed by atoms with van der Waals surface area (Å²) in [6, 6.07) is 71.6. The van der Waals surface area contributed by atoms with E-state index in [1.54, 1.807) is 35.9 Å². The SMILES string of the molecule is C.CCOC(=O)C(=O)CBr.CCOC(=O)c1csc(Nc2cccc3ccccc23)n1.NC(=S)Nc1cccc2ccccc12.NCC1CCCCC1.O=Cc1csc(Nc2cccc3ccccc23)n1.OCc1csc(Nc2cccc3ccccc23)n1.OO.[Ac].[Ac].[Ac].[B-]O.[Na+].c1ccc2c(Nc3nc(CNCC4CCCCC4)cs3)cccc2c1. The average molecular weight is 2450 g/mol. The molecule has 6 radical (unpaired) electrons. The number of nitrogens with zero attached hydrogens (tertiary/aromatic N) is 4. The predicted octanol–water partition coefficient (Wildman–Crippen LogP) is 18.6. The van der Waals surface area contributed by atoms with E-state index in [2.05, 4.69) is 190 Å². The topological polar surface area (TPSA) is 343 Å². The van der Waals surface area contributed by atoms with E-state index in [-0.39, 0.29) is 194 Å². The molecule has 4 heterocycles. The molecule has 0 bridgehead atoms. The van der Waals surface area contributed by atoms with Crippen LogP contribution in [0, 0.1) is 144 Å². The minimum atomic E-state index is -0.769. The molecule has 0 saturated heterocycles. The predicted molar refractivity (Wildman–Crippen MR) is 498 cm³/mol. The molecule has 14 N–H and O–H groups in total. The molecule has 0 aliphatic heterocycles. The zero-order chi connectivity index (χ0) is 83.4. The maximum atomic E-state index is 11.6. The molecule has 10 aromatic carbocycles. The number of ether oxygens (including phenoxy) is 2. The van der Waals surface area contributed by atoms with Gasteiger partial charge in [0.25, 0.3) is 0 Å². The number of hydrogen-bond donors (Lipinski definition) is 12. The molecule has 2 aliphatic rings. The summed E-state index contributed by atoms with van der Waals surface area (Å²) >= 11 is 13.6. The largest absolute Gasteiger partial charge is 1.00 e. The molecule has 0 unspecified atom stereocenters. The van der Waals surface area contributed by atoms with E-state index in [9.17, 15) is 19.2 Å². The molecule has 4 aromatic heterocycles. The van der Waals surface area contributed by atoms with Crippen LogP contribution in [0.4, 0.5) is 49.0 Å². The number of ketones is 1. The van der Waals surface area contributed by atoms with Crippen molar-refractivity contribution in [2.45, 2.75) is 98.6 Å². The van der Waals surface area contributed by atoms with Crippen molar-refractivity contribution in [3.8, 4) is 0 Å². The van der Waals surface area contributed by atoms with Gasteiger partial charge >= 0.3 is 41.5 Å². The third-order valence-electron chi connectivity index (χ3n) is 18.2. The number of thiocarbonyl (C=S) groups is 1. The number of nitrogens with one attached hydrogen (secondary N) is 6. The van der Waals surface area contributed by atoms with Gasteiger partial charge in [0.2, 0.25) is 5.78 Å². The van der Waals surface area contributed by atoms with Crippen LogP contribution in [0.25, 0.3) is 53.9 Å². The molecule has 16 rings (SSSR count). The maximum absolute atomic E-state index is 11.6. The van der Waals surface area contributed by atoms with Crippen LogP contribution < -0.4 is 72.9 Å². The van der Waals surface area contributed by atoms with Gasteiger partial charge in [0, 0.05) is 216 Å². The van der Waals surface area contributed by atoms with Crippen LogP contribution in [-0.2, 0) is 32.2 Å². The van der Waals surface area contributed by atoms with Crippen molar-refractivity contribution in [3.63, 3.8) is 0 Å². The fraction of sp³-hybridized carbons (Fsp3) is 0.247. The van der Waals surface area contributed by atoms with Crippen molar-refractivity contribution in [2.75, 3.05) is 58.2 Å². The van der Waals surface area contributed by atoms with E-state index in [4.69, 9.17) is 54.1 Å². The van der Waals surface area contributed by atoms with E-state index in [1.807, 2.05) is 109 Å². The Balaban J connectivity index is 0.000000371. The molecule has 22 nitrogen and oxygen atoms in total. The van der Waals surface area contributed by atoms with Crippen LogP contribution in [0.15, 0.2) is 234 Å². The van der Waals surface area contributed by atoms with Crippen LogP contribution in [0.2, 0.25) is 0 Å². The Hall–Kier alpha value is -5.18. The van der Waals surface area contributed by atoms with Gasteiger partial charge < -0.3 is 71.0 Å². The molecule has 2 fully saturated rings. The quantitative estimate of drug-likeness (QED) is 0.00465. The molecule has 122 heavy (non-hydrogen) atoms. The number of Topliss-reactive ketones (excluding diaryl/α,β-unsaturated/α-hetero) is 1. The summed E-state index contributed by atoms with van der Waals surface area (Å²) in [5, 5.41) is 70.0. The van der Waals surface area contributed by atoms with E-state index >= 15 is 0 Å². The third kappa shape index (κ3) is 37.3. The summed E-state index contributed by atoms with van der Waals surface area (Å²) in [7, 11) is 3.50. The molecular weight excluding hydrogens is 2350 g/mol.